The molecular weight excluding hydrogens is 298 g/mol. The van der Waals surface area contributed by atoms with Crippen molar-refractivity contribution in [2.45, 2.75) is 12.8 Å². The summed E-state index contributed by atoms with van der Waals surface area (Å²) in [6, 6.07) is 8.31. The van der Waals surface area contributed by atoms with Crippen molar-refractivity contribution in [2.24, 2.45) is 0 Å². The molecule has 0 aliphatic heterocycles. The van der Waals surface area contributed by atoms with E-state index in [4.69, 9.17) is 0 Å². The minimum absolute atomic E-state index is 0.0360. The molecule has 2 aromatic rings. The highest BCUT2D eigenvalue weighted by molar-refractivity contribution is 7.08. The Balaban J connectivity index is 1.86. The lowest BCUT2D eigenvalue weighted by Crippen LogP contribution is -1.95. The lowest BCUT2D eigenvalue weighted by molar-refractivity contribution is -0.384. The molecule has 110 valence electrons. The van der Waals surface area contributed by atoms with Crippen LogP contribution in [-0.4, -0.2) is 10.7 Å². The predicted octanol–water partition coefficient (Wildman–Crippen LogP) is 4.49. The number of allylic oxidation sites excluding steroid dienone is 2. The summed E-state index contributed by atoms with van der Waals surface area (Å²) in [5, 5.41) is 14.8. The first-order chi connectivity index (χ1) is 10.6. The van der Waals surface area contributed by atoms with Gasteiger partial charge in [0.1, 0.15) is 0 Å². The SMILES string of the molecule is O=C1/C(=C/c2ccsc2)CC/C1=C\c1cccc([N+](=O)[O-])c1. The van der Waals surface area contributed by atoms with Gasteiger partial charge < -0.3 is 0 Å². The highest BCUT2D eigenvalue weighted by Crippen LogP contribution is 2.30. The third kappa shape index (κ3) is 3.04. The van der Waals surface area contributed by atoms with Crippen LogP contribution in [0.15, 0.2) is 52.2 Å². The number of Topliss-reactive ketones (excluding diaryl/α,β-unsaturated/α-hetero) is 1. The molecule has 1 aromatic carbocycles. The van der Waals surface area contributed by atoms with E-state index in [0.29, 0.717) is 17.6 Å². The fourth-order valence-electron chi connectivity index (χ4n) is 2.47. The topological polar surface area (TPSA) is 60.2 Å². The standard InChI is InChI=1S/C17H13NO3S/c19-17-14(4-5-15(17)9-13-6-7-22-11-13)8-12-2-1-3-16(10-12)18(20)21/h1-3,6-11H,4-5H2/b14-8+,15-9+. The molecule has 0 saturated heterocycles. The number of hydrogen-bond donors (Lipinski definition) is 0. The molecule has 0 unspecified atom stereocenters. The maximum absolute atomic E-state index is 12.4. The van der Waals surface area contributed by atoms with Gasteiger partial charge >= 0.3 is 0 Å². The molecule has 1 saturated carbocycles. The average Bonchev–Trinajstić information content (AvgIpc) is 3.13. The van der Waals surface area contributed by atoms with Crippen molar-refractivity contribution in [1.82, 2.24) is 0 Å². The van der Waals surface area contributed by atoms with Crippen molar-refractivity contribution in [3.63, 3.8) is 0 Å². The van der Waals surface area contributed by atoms with Crippen LogP contribution in [0.5, 0.6) is 0 Å². The van der Waals surface area contributed by atoms with E-state index < -0.39 is 4.92 Å². The van der Waals surface area contributed by atoms with Crippen LogP contribution in [0.4, 0.5) is 5.69 Å². The van der Waals surface area contributed by atoms with Crippen LogP contribution in [0, 0.1) is 10.1 Å². The normalized spacial score (nSPS) is 18.3. The van der Waals surface area contributed by atoms with Crippen LogP contribution in [0.2, 0.25) is 0 Å². The molecule has 0 amide bonds. The van der Waals surface area contributed by atoms with E-state index in [-0.39, 0.29) is 11.5 Å². The number of nitro benzene ring substituents is 1. The van der Waals surface area contributed by atoms with Crippen molar-refractivity contribution in [3.8, 4) is 0 Å². The Morgan fingerprint density at radius 2 is 1.82 bits per heavy atom. The van der Waals surface area contributed by atoms with Crippen molar-refractivity contribution in [1.29, 1.82) is 0 Å². The van der Waals surface area contributed by atoms with Crippen molar-refractivity contribution >= 4 is 35.0 Å². The van der Waals surface area contributed by atoms with Gasteiger partial charge in [0.15, 0.2) is 5.78 Å². The summed E-state index contributed by atoms with van der Waals surface area (Å²) in [7, 11) is 0. The molecule has 0 atom stereocenters. The molecule has 22 heavy (non-hydrogen) atoms. The number of rotatable bonds is 3. The molecule has 1 aromatic heterocycles. The smallest absolute Gasteiger partial charge is 0.270 e. The first-order valence-electron chi connectivity index (χ1n) is 6.86. The van der Waals surface area contributed by atoms with Gasteiger partial charge in [-0.25, -0.2) is 0 Å². The summed E-state index contributed by atoms with van der Waals surface area (Å²) < 4.78 is 0. The van der Waals surface area contributed by atoms with Gasteiger partial charge in [0.05, 0.1) is 4.92 Å². The zero-order valence-corrected chi connectivity index (χ0v) is 12.5. The Bertz CT molecular complexity index is 788. The summed E-state index contributed by atoms with van der Waals surface area (Å²) >= 11 is 1.60. The second-order valence-electron chi connectivity index (χ2n) is 5.08. The van der Waals surface area contributed by atoms with Gasteiger partial charge in [-0.15, -0.1) is 0 Å². The first kappa shape index (κ1) is 14.4. The number of carbonyl (C=O) groups is 1. The summed E-state index contributed by atoms with van der Waals surface area (Å²) in [6.07, 6.45) is 5.07. The number of ketones is 1. The molecule has 0 radical (unpaired) electrons. The van der Waals surface area contributed by atoms with E-state index in [2.05, 4.69) is 0 Å². The maximum atomic E-state index is 12.4. The fraction of sp³-hybridized carbons (Fsp3) is 0.118. The van der Waals surface area contributed by atoms with Crippen molar-refractivity contribution in [2.75, 3.05) is 0 Å². The monoisotopic (exact) mass is 311 g/mol. The summed E-state index contributed by atoms with van der Waals surface area (Å²) in [5.74, 6) is 0.0395. The van der Waals surface area contributed by atoms with Crippen LogP contribution in [0.1, 0.15) is 24.0 Å². The van der Waals surface area contributed by atoms with Crippen LogP contribution < -0.4 is 0 Å². The maximum Gasteiger partial charge on any atom is 0.270 e. The van der Waals surface area contributed by atoms with Crippen molar-refractivity contribution in [3.05, 3.63) is 73.5 Å². The third-order valence-corrected chi connectivity index (χ3v) is 4.25. The average molecular weight is 311 g/mol. The minimum Gasteiger partial charge on any atom is -0.289 e. The number of nitro groups is 1. The van der Waals surface area contributed by atoms with E-state index in [0.717, 1.165) is 17.6 Å². The molecule has 3 rings (SSSR count). The van der Waals surface area contributed by atoms with Gasteiger partial charge in [-0.2, -0.15) is 11.3 Å². The molecular formula is C17H13NO3S. The minimum atomic E-state index is -0.430. The Kier molecular flexibility index (Phi) is 3.98. The van der Waals surface area contributed by atoms with Gasteiger partial charge in [-0.3, -0.25) is 14.9 Å². The Morgan fingerprint density at radius 3 is 2.45 bits per heavy atom. The van der Waals surface area contributed by atoms with Gasteiger partial charge in [-0.05, 0) is 52.9 Å². The molecule has 1 aliphatic rings. The van der Waals surface area contributed by atoms with Gasteiger partial charge in [0.2, 0.25) is 0 Å². The zero-order valence-electron chi connectivity index (χ0n) is 11.7. The van der Waals surface area contributed by atoms with Gasteiger partial charge in [0.25, 0.3) is 5.69 Å². The zero-order chi connectivity index (χ0) is 15.5. The number of benzene rings is 1. The second-order valence-corrected chi connectivity index (χ2v) is 5.86. The molecule has 0 N–H and O–H groups in total. The van der Waals surface area contributed by atoms with Crippen LogP contribution in [0.25, 0.3) is 12.2 Å². The van der Waals surface area contributed by atoms with E-state index in [9.17, 15) is 14.9 Å². The summed E-state index contributed by atoms with van der Waals surface area (Å²) in [5.41, 5.74) is 3.28. The summed E-state index contributed by atoms with van der Waals surface area (Å²) in [4.78, 5) is 22.8. The molecule has 1 aliphatic carbocycles. The number of thiophene rings is 1. The molecule has 5 heteroatoms. The van der Waals surface area contributed by atoms with E-state index in [1.165, 1.54) is 12.1 Å². The number of hydrogen-bond acceptors (Lipinski definition) is 4. The van der Waals surface area contributed by atoms with Crippen molar-refractivity contribution < 1.29 is 9.72 Å². The molecule has 1 fully saturated rings. The Hall–Kier alpha value is -2.53. The Labute approximate surface area is 131 Å². The third-order valence-electron chi connectivity index (χ3n) is 3.55. The number of non-ortho nitro benzene ring substituents is 1. The molecule has 0 spiro atoms. The van der Waals surface area contributed by atoms with Gasteiger partial charge in [0, 0.05) is 23.3 Å². The fourth-order valence-corrected chi connectivity index (χ4v) is 3.08. The first-order valence-corrected chi connectivity index (χ1v) is 7.80. The second kappa shape index (κ2) is 6.07. The summed E-state index contributed by atoms with van der Waals surface area (Å²) in [6.45, 7) is 0. The van der Waals surface area contributed by atoms with Crippen LogP contribution in [0.3, 0.4) is 0 Å². The quantitative estimate of drug-likeness (QED) is 0.477. The van der Waals surface area contributed by atoms with E-state index in [1.807, 2.05) is 22.9 Å². The molecule has 1 heterocycles. The highest BCUT2D eigenvalue weighted by Gasteiger charge is 2.23. The van der Waals surface area contributed by atoms with Crippen LogP contribution in [-0.2, 0) is 4.79 Å². The highest BCUT2D eigenvalue weighted by atomic mass is 32.1. The predicted molar refractivity (Wildman–Crippen MR) is 87.6 cm³/mol. The lowest BCUT2D eigenvalue weighted by atomic mass is 10.1. The number of nitrogens with zero attached hydrogens (tertiary/aromatic N) is 1. The largest absolute Gasteiger partial charge is 0.289 e. The molecule has 4 nitrogen and oxygen atoms in total. The Morgan fingerprint density at radius 1 is 1.09 bits per heavy atom. The van der Waals surface area contributed by atoms with E-state index >= 15 is 0 Å². The van der Waals surface area contributed by atoms with E-state index in [1.54, 1.807) is 29.5 Å². The van der Waals surface area contributed by atoms with Gasteiger partial charge in [-0.1, -0.05) is 12.1 Å². The lowest BCUT2D eigenvalue weighted by Gasteiger charge is -1.97. The van der Waals surface area contributed by atoms with Crippen LogP contribution >= 0.6 is 11.3 Å². The number of carbonyl (C=O) groups excluding carboxylic acids is 1. The molecule has 0 bridgehead atoms.